The largest absolute Gasteiger partial charge is 0.310 e. The van der Waals surface area contributed by atoms with E-state index in [0.717, 1.165) is 22.7 Å². The molecule has 0 spiro atoms. The van der Waals surface area contributed by atoms with Gasteiger partial charge in [-0.25, -0.2) is 0 Å². The number of anilines is 3. The number of benzene rings is 8. The quantitative estimate of drug-likeness (QED) is 0.194. The Morgan fingerprint density at radius 2 is 0.841 bits per heavy atom. The molecule has 2 nitrogen and oxygen atoms in total. The predicted molar refractivity (Wildman–Crippen MR) is 188 cm³/mol. The maximum absolute atomic E-state index is 2.37. The minimum Gasteiger partial charge on any atom is -0.310 e. The van der Waals surface area contributed by atoms with E-state index in [9.17, 15) is 0 Å². The maximum atomic E-state index is 2.37. The molecule has 0 N–H and O–H groups in total. The van der Waals surface area contributed by atoms with Crippen LogP contribution in [-0.4, -0.2) is 4.57 Å². The van der Waals surface area contributed by atoms with Gasteiger partial charge < -0.3 is 9.47 Å². The summed E-state index contributed by atoms with van der Waals surface area (Å²) in [5.41, 5.74) is 6.96. The molecule has 0 fully saturated rings. The van der Waals surface area contributed by atoms with Gasteiger partial charge in [0.05, 0.1) is 11.0 Å². The summed E-state index contributed by atoms with van der Waals surface area (Å²) >= 11 is 0. The summed E-state index contributed by atoms with van der Waals surface area (Å²) in [5.74, 6) is 0. The third-order valence-electron chi connectivity index (χ3n) is 8.93. The van der Waals surface area contributed by atoms with Crippen molar-refractivity contribution in [1.29, 1.82) is 0 Å². The molecule has 1 heterocycles. The van der Waals surface area contributed by atoms with Gasteiger partial charge in [-0.3, -0.25) is 0 Å². The molecule has 0 radical (unpaired) electrons. The van der Waals surface area contributed by atoms with Gasteiger partial charge in [0.1, 0.15) is 0 Å². The van der Waals surface area contributed by atoms with Crippen LogP contribution in [0.25, 0.3) is 59.8 Å². The molecule has 0 saturated heterocycles. The Morgan fingerprint density at radius 3 is 1.55 bits per heavy atom. The number of para-hydroxylation sites is 3. The van der Waals surface area contributed by atoms with Gasteiger partial charge >= 0.3 is 0 Å². The first-order chi connectivity index (χ1) is 21.8. The number of hydrogen-bond acceptors (Lipinski definition) is 1. The lowest BCUT2D eigenvalue weighted by molar-refractivity contribution is 1.17. The molecule has 9 rings (SSSR count). The SMILES string of the molecule is c1ccc(N(c2ccc(-n3c4ccccc4c4ccccc43)cc2)c2ccc3ccc4ccc5ccccc5c4c3c2)cc1. The average Bonchev–Trinajstić information content (AvgIpc) is 3.43. The van der Waals surface area contributed by atoms with Crippen LogP contribution in [-0.2, 0) is 0 Å². The van der Waals surface area contributed by atoms with Crippen molar-refractivity contribution in [2.45, 2.75) is 0 Å². The fourth-order valence-corrected chi connectivity index (χ4v) is 6.93. The van der Waals surface area contributed by atoms with Gasteiger partial charge in [-0.1, -0.05) is 109 Å². The van der Waals surface area contributed by atoms with Gasteiger partial charge in [0.25, 0.3) is 0 Å². The highest BCUT2D eigenvalue weighted by Crippen LogP contribution is 2.40. The number of aromatic nitrogens is 1. The van der Waals surface area contributed by atoms with Crippen molar-refractivity contribution in [2.24, 2.45) is 0 Å². The van der Waals surface area contributed by atoms with Crippen LogP contribution >= 0.6 is 0 Å². The van der Waals surface area contributed by atoms with Crippen molar-refractivity contribution in [2.75, 3.05) is 4.90 Å². The Kier molecular flexibility index (Phi) is 5.54. The molecule has 0 aliphatic rings. The van der Waals surface area contributed by atoms with Crippen molar-refractivity contribution in [1.82, 2.24) is 4.57 Å². The molecule has 0 atom stereocenters. The lowest BCUT2D eigenvalue weighted by Crippen LogP contribution is -2.10. The molecule has 0 aliphatic heterocycles. The lowest BCUT2D eigenvalue weighted by atomic mass is 9.96. The van der Waals surface area contributed by atoms with Crippen LogP contribution in [0.5, 0.6) is 0 Å². The van der Waals surface area contributed by atoms with Crippen molar-refractivity contribution in [3.63, 3.8) is 0 Å². The summed E-state index contributed by atoms with van der Waals surface area (Å²) in [5, 5.41) is 10.2. The molecule has 0 unspecified atom stereocenters. The van der Waals surface area contributed by atoms with Gasteiger partial charge in [0.2, 0.25) is 0 Å². The second-order valence-corrected chi connectivity index (χ2v) is 11.4. The zero-order valence-electron chi connectivity index (χ0n) is 24.1. The highest BCUT2D eigenvalue weighted by molar-refractivity contribution is 6.20. The Balaban J connectivity index is 1.23. The molecule has 0 amide bonds. The van der Waals surface area contributed by atoms with Gasteiger partial charge in [0, 0.05) is 33.5 Å². The Morgan fingerprint density at radius 1 is 0.341 bits per heavy atom. The fourth-order valence-electron chi connectivity index (χ4n) is 6.93. The Bertz CT molecular complexity index is 2430. The number of rotatable bonds is 4. The first-order valence-electron chi connectivity index (χ1n) is 15.1. The average molecular weight is 561 g/mol. The van der Waals surface area contributed by atoms with Crippen molar-refractivity contribution in [3.8, 4) is 5.69 Å². The predicted octanol–water partition coefficient (Wildman–Crippen LogP) is 11.7. The van der Waals surface area contributed by atoms with Crippen LogP contribution in [0.2, 0.25) is 0 Å². The second kappa shape index (κ2) is 9.86. The number of hydrogen-bond donors (Lipinski definition) is 0. The lowest BCUT2D eigenvalue weighted by Gasteiger charge is -2.26. The van der Waals surface area contributed by atoms with E-state index in [1.807, 2.05) is 0 Å². The molecule has 0 saturated carbocycles. The maximum Gasteiger partial charge on any atom is 0.0541 e. The number of fused-ring (bicyclic) bond motifs is 8. The first kappa shape index (κ1) is 24.7. The van der Waals surface area contributed by atoms with E-state index in [1.165, 1.54) is 54.1 Å². The summed E-state index contributed by atoms with van der Waals surface area (Å²) in [6.45, 7) is 0. The molecule has 0 aliphatic carbocycles. The minimum atomic E-state index is 1.12. The van der Waals surface area contributed by atoms with E-state index in [4.69, 9.17) is 0 Å². The van der Waals surface area contributed by atoms with E-state index in [1.54, 1.807) is 0 Å². The molecule has 9 aromatic rings. The van der Waals surface area contributed by atoms with E-state index in [0.29, 0.717) is 0 Å². The summed E-state index contributed by atoms with van der Waals surface area (Å²) in [6, 6.07) is 61.5. The van der Waals surface area contributed by atoms with Gasteiger partial charge in [0.15, 0.2) is 0 Å². The van der Waals surface area contributed by atoms with E-state index in [2.05, 4.69) is 179 Å². The summed E-state index contributed by atoms with van der Waals surface area (Å²) in [6.07, 6.45) is 0. The Labute approximate surface area is 255 Å². The van der Waals surface area contributed by atoms with Gasteiger partial charge in [-0.15, -0.1) is 0 Å². The summed E-state index contributed by atoms with van der Waals surface area (Å²) in [4.78, 5) is 2.36. The van der Waals surface area contributed by atoms with Crippen molar-refractivity contribution < 1.29 is 0 Å². The fraction of sp³-hybridized carbons (Fsp3) is 0. The van der Waals surface area contributed by atoms with Crippen LogP contribution < -0.4 is 4.90 Å². The van der Waals surface area contributed by atoms with Crippen molar-refractivity contribution in [3.05, 3.63) is 170 Å². The highest BCUT2D eigenvalue weighted by Gasteiger charge is 2.16. The third-order valence-corrected chi connectivity index (χ3v) is 8.93. The molecular weight excluding hydrogens is 532 g/mol. The van der Waals surface area contributed by atoms with Crippen LogP contribution in [0.1, 0.15) is 0 Å². The minimum absolute atomic E-state index is 1.12. The van der Waals surface area contributed by atoms with Crippen LogP contribution in [0.4, 0.5) is 17.1 Å². The summed E-state index contributed by atoms with van der Waals surface area (Å²) in [7, 11) is 0. The van der Waals surface area contributed by atoms with Gasteiger partial charge in [-0.05, 0) is 93.0 Å². The zero-order chi connectivity index (χ0) is 29.0. The standard InChI is InChI=1S/C42H28N2/c1-2-11-32(12-3-1)43(35-23-22-30-19-21-31-20-18-29-10-4-5-13-36(29)42(31)39(30)28-35)33-24-26-34(27-25-33)44-40-16-8-6-14-37(40)38-15-7-9-17-41(38)44/h1-28H. The Hall–Kier alpha value is -5.86. The molecular formula is C42H28N2. The topological polar surface area (TPSA) is 8.17 Å². The van der Waals surface area contributed by atoms with E-state index < -0.39 is 0 Å². The van der Waals surface area contributed by atoms with Crippen LogP contribution in [0.3, 0.4) is 0 Å². The van der Waals surface area contributed by atoms with Gasteiger partial charge in [-0.2, -0.15) is 0 Å². The second-order valence-electron chi connectivity index (χ2n) is 11.4. The molecule has 1 aromatic heterocycles. The first-order valence-corrected chi connectivity index (χ1v) is 15.1. The van der Waals surface area contributed by atoms with Crippen molar-refractivity contribution >= 4 is 71.2 Å². The smallest absolute Gasteiger partial charge is 0.0541 e. The zero-order valence-corrected chi connectivity index (χ0v) is 24.1. The normalized spacial score (nSPS) is 11.6. The molecule has 8 aromatic carbocycles. The van der Waals surface area contributed by atoms with Crippen LogP contribution in [0.15, 0.2) is 170 Å². The van der Waals surface area contributed by atoms with E-state index >= 15 is 0 Å². The summed E-state index contributed by atoms with van der Waals surface area (Å²) < 4.78 is 2.37. The third kappa shape index (κ3) is 3.82. The molecule has 206 valence electrons. The molecule has 2 heteroatoms. The number of nitrogens with zero attached hydrogens (tertiary/aromatic N) is 2. The molecule has 0 bridgehead atoms. The van der Waals surface area contributed by atoms with Crippen LogP contribution in [0, 0.1) is 0 Å². The molecule has 44 heavy (non-hydrogen) atoms. The highest BCUT2D eigenvalue weighted by atomic mass is 15.1. The monoisotopic (exact) mass is 560 g/mol. The van der Waals surface area contributed by atoms with E-state index in [-0.39, 0.29) is 0 Å².